The zero-order valence-electron chi connectivity index (χ0n) is 30.3. The van der Waals surface area contributed by atoms with E-state index in [1.54, 1.807) is 0 Å². The molecule has 1 aliphatic rings. The molecule has 0 spiro atoms. The number of carbonyl (C=O) groups excluding carboxylic acids is 1. The molecule has 1 amide bonds. The van der Waals surface area contributed by atoms with Crippen molar-refractivity contribution in [1.82, 2.24) is 20.9 Å². The van der Waals surface area contributed by atoms with Crippen LogP contribution >= 0.6 is 11.6 Å². The number of carbonyl (C=O) groups is 1. The third-order valence-electron chi connectivity index (χ3n) is 8.27. The Morgan fingerprint density at radius 2 is 1.75 bits per heavy atom. The van der Waals surface area contributed by atoms with E-state index < -0.39 is 6.23 Å². The van der Waals surface area contributed by atoms with Crippen LogP contribution in [-0.2, 0) is 6.42 Å². The van der Waals surface area contributed by atoms with Crippen LogP contribution in [0.4, 0.5) is 0 Å². The summed E-state index contributed by atoms with van der Waals surface area (Å²) in [6.07, 6.45) is 6.46. The van der Waals surface area contributed by atoms with E-state index in [1.807, 2.05) is 89.2 Å². The fourth-order valence-electron chi connectivity index (χ4n) is 5.77. The van der Waals surface area contributed by atoms with Gasteiger partial charge in [-0.05, 0) is 94.9 Å². The summed E-state index contributed by atoms with van der Waals surface area (Å²) in [5.41, 5.74) is 12.4. The van der Waals surface area contributed by atoms with E-state index >= 15 is 0 Å². The van der Waals surface area contributed by atoms with E-state index in [4.69, 9.17) is 22.4 Å². The van der Waals surface area contributed by atoms with Crippen LogP contribution in [0.5, 0.6) is 0 Å². The summed E-state index contributed by atoms with van der Waals surface area (Å²) in [6.45, 7) is 15.8. The number of hydrogen-bond donors (Lipinski definition) is 5. The van der Waals surface area contributed by atoms with E-state index in [2.05, 4.69) is 53.0 Å². The zero-order valence-corrected chi connectivity index (χ0v) is 31.0. The van der Waals surface area contributed by atoms with Gasteiger partial charge in [0, 0.05) is 48.4 Å². The molecule has 48 heavy (non-hydrogen) atoms. The smallest absolute Gasteiger partial charge is 0.251 e. The summed E-state index contributed by atoms with van der Waals surface area (Å²) in [5.74, 6) is -0.0600. The van der Waals surface area contributed by atoms with Gasteiger partial charge in [0.2, 0.25) is 0 Å². The highest BCUT2D eigenvalue weighted by molar-refractivity contribution is 6.31. The van der Waals surface area contributed by atoms with Crippen molar-refractivity contribution in [1.29, 1.82) is 0 Å². The Bertz CT molecular complexity index is 1380. The number of nitrogens with two attached hydrogens (primary N) is 1. The maximum absolute atomic E-state index is 13.0. The lowest BCUT2D eigenvalue weighted by atomic mass is 10.0. The quantitative estimate of drug-likeness (QED) is 0.0912. The van der Waals surface area contributed by atoms with Gasteiger partial charge in [0.15, 0.2) is 0 Å². The Hall–Kier alpha value is -3.20. The molecule has 0 saturated carbocycles. The molecule has 8 heteroatoms. The molecule has 7 nitrogen and oxygen atoms in total. The van der Waals surface area contributed by atoms with E-state index in [0.29, 0.717) is 24.6 Å². The predicted molar refractivity (Wildman–Crippen MR) is 204 cm³/mol. The zero-order chi connectivity index (χ0) is 35.5. The second kappa shape index (κ2) is 22.4. The molecule has 1 saturated heterocycles. The number of rotatable bonds is 14. The van der Waals surface area contributed by atoms with Crippen LogP contribution in [0.25, 0.3) is 0 Å². The van der Waals surface area contributed by atoms with Crippen LogP contribution < -0.4 is 21.7 Å². The summed E-state index contributed by atoms with van der Waals surface area (Å²) >= 11 is 6.48. The SMILES string of the molecule is CC.CCC=C(CCNC[C@H]1CCCN1C)N[C@@H](CNC(=O)c1cc(C)cc(C)c1)c1ccc(C)c(Cl)c1.N[C@@H](O)Cc1ccccc1. The summed E-state index contributed by atoms with van der Waals surface area (Å²) in [4.78, 5) is 15.4. The number of allylic oxidation sites excluding steroid dienone is 1. The average Bonchev–Trinajstić information content (AvgIpc) is 3.47. The number of aliphatic hydroxyl groups is 1. The molecule has 0 aromatic heterocycles. The molecular formula is C40H60ClN5O2. The molecule has 3 aromatic carbocycles. The second-order valence-corrected chi connectivity index (χ2v) is 12.8. The van der Waals surface area contributed by atoms with Crippen LogP contribution in [0, 0.1) is 20.8 Å². The topological polar surface area (TPSA) is 103 Å². The number of likely N-dealkylation sites (N-methyl/N-ethyl adjacent to an activating group) is 1. The molecule has 1 heterocycles. The van der Waals surface area contributed by atoms with E-state index in [9.17, 15) is 4.79 Å². The van der Waals surface area contributed by atoms with Crippen LogP contribution in [-0.4, -0.2) is 61.4 Å². The number of likely N-dealkylation sites (tertiary alicyclic amines) is 1. The summed E-state index contributed by atoms with van der Waals surface area (Å²) in [6, 6.07) is 22.3. The Balaban J connectivity index is 0.000000564. The van der Waals surface area contributed by atoms with Gasteiger partial charge in [-0.2, -0.15) is 0 Å². The molecule has 0 bridgehead atoms. The maximum atomic E-state index is 13.0. The van der Waals surface area contributed by atoms with Gasteiger partial charge in [-0.1, -0.05) is 98.1 Å². The molecule has 0 unspecified atom stereocenters. The van der Waals surface area contributed by atoms with Crippen molar-refractivity contribution in [3.8, 4) is 0 Å². The lowest BCUT2D eigenvalue weighted by Crippen LogP contribution is -2.37. The van der Waals surface area contributed by atoms with Gasteiger partial charge in [-0.15, -0.1) is 0 Å². The van der Waals surface area contributed by atoms with Gasteiger partial charge in [-0.25, -0.2) is 0 Å². The van der Waals surface area contributed by atoms with Crippen molar-refractivity contribution < 1.29 is 9.90 Å². The van der Waals surface area contributed by atoms with Crippen molar-refractivity contribution in [2.24, 2.45) is 5.73 Å². The van der Waals surface area contributed by atoms with Crippen molar-refractivity contribution in [3.63, 3.8) is 0 Å². The number of amides is 1. The normalized spacial score (nSPS) is 15.8. The number of nitrogens with zero attached hydrogens (tertiary/aromatic N) is 1. The number of nitrogens with one attached hydrogen (secondary N) is 3. The number of aliphatic hydroxyl groups excluding tert-OH is 1. The first-order chi connectivity index (χ1) is 23.0. The molecule has 0 radical (unpaired) electrons. The lowest BCUT2D eigenvalue weighted by Gasteiger charge is -2.24. The number of aryl methyl sites for hydroxylation is 3. The minimum Gasteiger partial charge on any atom is -0.380 e. The molecule has 6 N–H and O–H groups in total. The minimum absolute atomic E-state index is 0.0600. The summed E-state index contributed by atoms with van der Waals surface area (Å²) < 4.78 is 0. The maximum Gasteiger partial charge on any atom is 0.251 e. The van der Waals surface area contributed by atoms with Crippen molar-refractivity contribution >= 4 is 17.5 Å². The first kappa shape index (κ1) is 41.0. The third kappa shape index (κ3) is 14.9. The highest BCUT2D eigenvalue weighted by Gasteiger charge is 2.20. The fourth-order valence-corrected chi connectivity index (χ4v) is 5.96. The van der Waals surface area contributed by atoms with Gasteiger partial charge in [0.1, 0.15) is 6.23 Å². The average molecular weight is 678 g/mol. The molecule has 3 atom stereocenters. The fraction of sp³-hybridized carbons (Fsp3) is 0.475. The monoisotopic (exact) mass is 677 g/mol. The Morgan fingerprint density at radius 3 is 2.33 bits per heavy atom. The lowest BCUT2D eigenvalue weighted by molar-refractivity contribution is 0.0949. The van der Waals surface area contributed by atoms with E-state index in [1.165, 1.54) is 25.1 Å². The molecule has 1 aliphatic heterocycles. The minimum atomic E-state index is -0.734. The first-order valence-electron chi connectivity index (χ1n) is 17.5. The molecular weight excluding hydrogens is 618 g/mol. The molecule has 264 valence electrons. The van der Waals surface area contributed by atoms with Gasteiger partial charge in [0.25, 0.3) is 5.91 Å². The second-order valence-electron chi connectivity index (χ2n) is 12.4. The van der Waals surface area contributed by atoms with Gasteiger partial charge in [0.05, 0.1) is 6.04 Å². The molecule has 4 rings (SSSR count). The van der Waals surface area contributed by atoms with Crippen LogP contribution in [0.3, 0.4) is 0 Å². The van der Waals surface area contributed by atoms with Gasteiger partial charge >= 0.3 is 0 Å². The van der Waals surface area contributed by atoms with E-state index in [-0.39, 0.29) is 11.9 Å². The first-order valence-corrected chi connectivity index (χ1v) is 17.9. The van der Waals surface area contributed by atoms with Gasteiger partial charge < -0.3 is 31.7 Å². The van der Waals surface area contributed by atoms with Crippen LogP contribution in [0.15, 0.2) is 78.5 Å². The Kier molecular flexibility index (Phi) is 19.2. The predicted octanol–water partition coefficient (Wildman–Crippen LogP) is 7.23. The number of halogens is 1. The number of hydrogen-bond acceptors (Lipinski definition) is 6. The Morgan fingerprint density at radius 1 is 1.06 bits per heavy atom. The molecule has 3 aromatic rings. The van der Waals surface area contributed by atoms with Gasteiger partial charge in [-0.3, -0.25) is 4.79 Å². The largest absolute Gasteiger partial charge is 0.380 e. The standard InChI is InChI=1S/C30H43ClN4O.C8H11NO.C2H6/c1-6-8-26(12-13-32-19-27-9-7-14-35(27)5)34-29(24-11-10-23(4)28(31)18-24)20-33-30(36)25-16-21(2)15-22(3)17-25;9-8(10)6-7-4-2-1-3-5-7;1-2/h8,10-11,15-18,27,29,32,34H,6-7,9,12-14,19-20H2,1-5H3,(H,33,36);1-5,8,10H,6,9H2;1-2H3/t27-,29+;8-;/m10./s1. The molecule has 1 fully saturated rings. The van der Waals surface area contributed by atoms with Crippen LogP contribution in [0.2, 0.25) is 5.02 Å². The molecule has 0 aliphatic carbocycles. The third-order valence-corrected chi connectivity index (χ3v) is 8.68. The Labute approximate surface area is 295 Å². The van der Waals surface area contributed by atoms with E-state index in [0.717, 1.165) is 58.8 Å². The summed E-state index contributed by atoms with van der Waals surface area (Å²) in [5, 5.41) is 20.0. The highest BCUT2D eigenvalue weighted by Crippen LogP contribution is 2.23. The highest BCUT2D eigenvalue weighted by atomic mass is 35.5. The van der Waals surface area contributed by atoms with Crippen molar-refractivity contribution in [2.45, 2.75) is 92.0 Å². The van der Waals surface area contributed by atoms with Crippen LogP contribution in [0.1, 0.15) is 90.7 Å². The van der Waals surface area contributed by atoms with Crippen molar-refractivity contribution in [3.05, 3.63) is 117 Å². The summed E-state index contributed by atoms with van der Waals surface area (Å²) in [7, 11) is 2.22. The number of benzene rings is 3. The van der Waals surface area contributed by atoms with Crippen molar-refractivity contribution in [2.75, 3.05) is 33.2 Å².